The fourth-order valence-electron chi connectivity index (χ4n) is 3.85. The Morgan fingerprint density at radius 3 is 2.42 bits per heavy atom. The number of benzene rings is 1. The summed E-state index contributed by atoms with van der Waals surface area (Å²) in [6.45, 7) is 5.52. The zero-order valence-electron chi connectivity index (χ0n) is 22.8. The number of aromatic nitrogens is 2. The van der Waals surface area contributed by atoms with E-state index in [9.17, 15) is 28.4 Å². The molecule has 0 saturated heterocycles. The Hall–Kier alpha value is -4.06. The summed E-state index contributed by atoms with van der Waals surface area (Å²) < 4.78 is 46.0. The second kappa shape index (κ2) is 12.0. The van der Waals surface area contributed by atoms with Gasteiger partial charge in [-0.2, -0.15) is 18.2 Å². The van der Waals surface area contributed by atoms with Gasteiger partial charge in [-0.15, -0.1) is 15.8 Å². The summed E-state index contributed by atoms with van der Waals surface area (Å²) in [7, 11) is 1.18. The molecule has 0 unspecified atom stereocenters. The van der Waals surface area contributed by atoms with Gasteiger partial charge in [0.25, 0.3) is 0 Å². The molecule has 3 aromatic rings. The lowest BCUT2D eigenvalue weighted by Gasteiger charge is -2.28. The monoisotopic (exact) mass is 557 g/mol. The lowest BCUT2D eigenvalue weighted by atomic mass is 9.88. The highest BCUT2D eigenvalue weighted by Crippen LogP contribution is 2.41. The molecule has 0 fully saturated rings. The Balaban J connectivity index is 1.97. The number of halogens is 3. The van der Waals surface area contributed by atoms with E-state index in [-0.39, 0.29) is 11.3 Å². The normalized spacial score (nSPS) is 13.0. The van der Waals surface area contributed by atoms with Crippen molar-refractivity contribution in [2.24, 2.45) is 0 Å². The molecule has 1 amide bonds. The highest BCUT2D eigenvalue weighted by molar-refractivity contribution is 5.97. The Morgan fingerprint density at radius 2 is 1.82 bits per heavy atom. The maximum atomic E-state index is 13.6. The van der Waals surface area contributed by atoms with Crippen LogP contribution < -0.4 is 15.1 Å². The second-order valence-electron chi connectivity index (χ2n) is 9.54. The van der Waals surface area contributed by atoms with Gasteiger partial charge in [0.15, 0.2) is 0 Å². The quantitative estimate of drug-likeness (QED) is 0.121. The topological polar surface area (TPSA) is 105 Å². The van der Waals surface area contributed by atoms with Crippen LogP contribution in [0.3, 0.4) is 0 Å². The molecule has 0 bridgehead atoms. The molecule has 0 atom stereocenters. The number of carbonyl (C=O) groups is 1. The molecule has 3 rings (SSSR count). The van der Waals surface area contributed by atoms with Crippen molar-refractivity contribution in [3.63, 3.8) is 0 Å². The number of quaternary nitrogens is 1. The molecule has 0 saturated carbocycles. The number of amides is 1. The molecule has 3 N–H and O–H groups in total. The van der Waals surface area contributed by atoms with E-state index in [0.29, 0.717) is 6.42 Å². The molecule has 2 heterocycles. The summed E-state index contributed by atoms with van der Waals surface area (Å²) in [6, 6.07) is 13.4. The number of nitrogens with one attached hydrogen (secondary N) is 1. The minimum absolute atomic E-state index is 0.0778. The summed E-state index contributed by atoms with van der Waals surface area (Å²) in [6.07, 6.45) is 2.23. The molecule has 0 aliphatic rings. The van der Waals surface area contributed by atoms with Gasteiger partial charge >= 0.3 is 17.9 Å². The molecule has 11 heteroatoms. The van der Waals surface area contributed by atoms with Crippen molar-refractivity contribution in [2.75, 3.05) is 7.11 Å². The first-order valence-corrected chi connectivity index (χ1v) is 12.4. The molecule has 40 heavy (non-hydrogen) atoms. The Morgan fingerprint density at radius 1 is 1.10 bits per heavy atom. The highest BCUT2D eigenvalue weighted by Gasteiger charge is 2.51. The van der Waals surface area contributed by atoms with Crippen LogP contribution in [-0.4, -0.2) is 39.6 Å². The summed E-state index contributed by atoms with van der Waals surface area (Å²) >= 11 is 0. The first-order chi connectivity index (χ1) is 18.7. The highest BCUT2D eigenvalue weighted by atomic mass is 19.4. The van der Waals surface area contributed by atoms with E-state index in [2.05, 4.69) is 9.97 Å². The van der Waals surface area contributed by atoms with Crippen LogP contribution in [0.1, 0.15) is 44.0 Å². The molecule has 2 aromatic heterocycles. The molecular weight excluding hydrogens is 525 g/mol. The maximum absolute atomic E-state index is 13.6. The van der Waals surface area contributed by atoms with Gasteiger partial charge in [0, 0.05) is 17.3 Å². The maximum Gasteiger partial charge on any atom is 0.399 e. The lowest BCUT2D eigenvalue weighted by molar-refractivity contribution is -0.320. The van der Waals surface area contributed by atoms with Crippen molar-refractivity contribution in [1.29, 1.82) is 0 Å². The van der Waals surface area contributed by atoms with Crippen molar-refractivity contribution < 1.29 is 33.1 Å². The average molecular weight is 558 g/mol. The summed E-state index contributed by atoms with van der Waals surface area (Å²) in [4.78, 5) is 19.1. The van der Waals surface area contributed by atoms with Crippen LogP contribution in [0.5, 0.6) is 5.75 Å². The standard InChI is InChI=1S/C29H31F3N4O4/c1-6-10-20(14-15-21-19(2)11-9-12-22(21)23-13-7-8-18-33-23)27(37)35-36(38,39)26-24(40-5)16-17-25(34-26)28(3,4)29(30,31)32/h7-18,38-39H,6H2,1-5H3/p+1/b15-14-,20-10-. The molecule has 1 aromatic carbocycles. The van der Waals surface area contributed by atoms with Gasteiger partial charge in [-0.25, -0.2) is 0 Å². The summed E-state index contributed by atoms with van der Waals surface area (Å²) in [5, 5.41) is 21.6. The summed E-state index contributed by atoms with van der Waals surface area (Å²) in [5.41, 5.74) is 2.44. The van der Waals surface area contributed by atoms with Crippen molar-refractivity contribution in [1.82, 2.24) is 20.3 Å². The van der Waals surface area contributed by atoms with Crippen LogP contribution in [0, 0.1) is 6.92 Å². The van der Waals surface area contributed by atoms with Gasteiger partial charge in [-0.3, -0.25) is 9.78 Å². The fraction of sp³-hybridized carbons (Fsp3) is 0.276. The van der Waals surface area contributed by atoms with Gasteiger partial charge in [0.1, 0.15) is 10.3 Å². The molecule has 0 aliphatic carbocycles. The number of allylic oxidation sites excluding steroid dienone is 1. The Kier molecular flexibility index (Phi) is 9.14. The fourth-order valence-corrected chi connectivity index (χ4v) is 3.85. The van der Waals surface area contributed by atoms with Crippen molar-refractivity contribution in [3.8, 4) is 17.0 Å². The van der Waals surface area contributed by atoms with Gasteiger partial charge in [-0.05, 0) is 68.7 Å². The molecule has 0 aliphatic heterocycles. The Bertz CT molecular complexity index is 1420. The van der Waals surface area contributed by atoms with Crippen LogP contribution in [0.4, 0.5) is 19.0 Å². The minimum Gasteiger partial charge on any atom is -0.489 e. The Labute approximate surface area is 230 Å². The van der Waals surface area contributed by atoms with Crippen LogP contribution in [0.15, 0.2) is 72.5 Å². The molecule has 0 radical (unpaired) electrons. The van der Waals surface area contributed by atoms with E-state index in [1.54, 1.807) is 31.3 Å². The minimum atomic E-state index is -4.68. The predicted molar refractivity (Wildman–Crippen MR) is 145 cm³/mol. The third kappa shape index (κ3) is 6.56. The van der Waals surface area contributed by atoms with E-state index >= 15 is 0 Å². The van der Waals surface area contributed by atoms with Crippen molar-refractivity contribution in [3.05, 3.63) is 89.3 Å². The number of methoxy groups -OCH3 is 1. The number of alkyl halides is 3. The zero-order valence-corrected chi connectivity index (χ0v) is 22.8. The SMILES string of the molecule is CC/C=C(/C=C\c1c(C)cccc1-c1ccccn1)C(=O)N[N+](O)(O)c1nc(C(C)(C)C(F)(F)F)ccc1OC. The first kappa shape index (κ1) is 30.5. The molecular formula is C29H32F3N4O4+. The van der Waals surface area contributed by atoms with E-state index < -0.39 is 33.9 Å². The first-order valence-electron chi connectivity index (χ1n) is 12.4. The van der Waals surface area contributed by atoms with E-state index in [4.69, 9.17) is 4.74 Å². The number of aryl methyl sites for hydroxylation is 1. The van der Waals surface area contributed by atoms with E-state index in [1.807, 2.05) is 42.7 Å². The second-order valence-corrected chi connectivity index (χ2v) is 9.54. The molecule has 212 valence electrons. The van der Waals surface area contributed by atoms with Crippen molar-refractivity contribution >= 4 is 17.8 Å². The lowest BCUT2D eigenvalue weighted by Crippen LogP contribution is -2.58. The summed E-state index contributed by atoms with van der Waals surface area (Å²) in [5.74, 6) is -1.91. The third-order valence-corrected chi connectivity index (χ3v) is 6.34. The number of rotatable bonds is 9. The van der Waals surface area contributed by atoms with Gasteiger partial charge in [0.2, 0.25) is 5.75 Å². The van der Waals surface area contributed by atoms with Gasteiger partial charge in [0.05, 0.1) is 18.5 Å². The predicted octanol–water partition coefficient (Wildman–Crippen LogP) is 6.47. The van der Waals surface area contributed by atoms with Crippen molar-refractivity contribution in [2.45, 2.75) is 45.7 Å². The number of hydrogen-bond donors (Lipinski definition) is 3. The molecule has 8 nitrogen and oxygen atoms in total. The number of ether oxygens (including phenoxy) is 1. The smallest absolute Gasteiger partial charge is 0.399 e. The number of hydrogen-bond acceptors (Lipinski definition) is 6. The van der Waals surface area contributed by atoms with Crippen LogP contribution in [-0.2, 0) is 10.2 Å². The number of pyridine rings is 2. The number of nitrogens with zero attached hydrogens (tertiary/aromatic N) is 3. The van der Waals surface area contributed by atoms with Gasteiger partial charge < -0.3 is 4.74 Å². The third-order valence-electron chi connectivity index (χ3n) is 6.34. The van der Waals surface area contributed by atoms with Gasteiger partial charge in [-0.1, -0.05) is 43.3 Å². The van der Waals surface area contributed by atoms with Crippen LogP contribution in [0.25, 0.3) is 17.3 Å². The van der Waals surface area contributed by atoms with Crippen LogP contribution >= 0.6 is 0 Å². The van der Waals surface area contributed by atoms with E-state index in [1.165, 1.54) is 13.2 Å². The molecule has 0 spiro atoms. The van der Waals surface area contributed by atoms with Crippen LogP contribution in [0.2, 0.25) is 0 Å². The number of carbonyl (C=O) groups excluding carboxylic acids is 1. The zero-order chi connectivity index (χ0) is 29.7. The van der Waals surface area contributed by atoms with E-state index in [0.717, 1.165) is 48.4 Å². The largest absolute Gasteiger partial charge is 0.489 e. The average Bonchev–Trinajstić information content (AvgIpc) is 2.90.